The fourth-order valence-electron chi connectivity index (χ4n) is 3.85. The average Bonchev–Trinajstić information content (AvgIpc) is 2.76. The van der Waals surface area contributed by atoms with Crippen molar-refractivity contribution >= 4 is 44.3 Å². The van der Waals surface area contributed by atoms with Crippen molar-refractivity contribution in [1.29, 1.82) is 0 Å². The Bertz CT molecular complexity index is 1230. The zero-order valence-corrected chi connectivity index (χ0v) is 17.2. The second-order valence-corrected chi connectivity index (χ2v) is 7.89. The van der Waals surface area contributed by atoms with E-state index in [0.717, 1.165) is 22.7 Å². The third-order valence-corrected chi connectivity index (χ3v) is 5.54. The second-order valence-electron chi connectivity index (χ2n) is 7.89. The van der Waals surface area contributed by atoms with E-state index >= 15 is 0 Å². The van der Waals surface area contributed by atoms with E-state index in [9.17, 15) is 0 Å². The summed E-state index contributed by atoms with van der Waals surface area (Å²) in [5, 5.41) is 12.1. The van der Waals surface area contributed by atoms with E-state index in [1.807, 2.05) is 0 Å². The first-order chi connectivity index (χ1) is 14.7. The molecule has 0 atom stereocenters. The summed E-state index contributed by atoms with van der Waals surface area (Å²) in [7, 11) is 0. The van der Waals surface area contributed by atoms with Gasteiger partial charge in [0.2, 0.25) is 0 Å². The molecule has 0 spiro atoms. The molecule has 5 rings (SSSR count). The van der Waals surface area contributed by atoms with Crippen molar-refractivity contribution in [2.75, 3.05) is 10.6 Å². The highest BCUT2D eigenvalue weighted by molar-refractivity contribution is 6.08. The summed E-state index contributed by atoms with van der Waals surface area (Å²) >= 11 is 0. The minimum Gasteiger partial charge on any atom is -0.355 e. The maximum absolute atomic E-state index is 3.59. The number of anilines is 4. The van der Waals surface area contributed by atoms with Crippen LogP contribution in [-0.2, 0) is 0 Å². The predicted molar refractivity (Wildman–Crippen MR) is 130 cm³/mol. The number of hydrogen-bond acceptors (Lipinski definition) is 2. The Morgan fingerprint density at radius 2 is 0.900 bits per heavy atom. The summed E-state index contributed by atoms with van der Waals surface area (Å²) in [6.45, 7) is 4.22. The molecule has 2 N–H and O–H groups in total. The summed E-state index contributed by atoms with van der Waals surface area (Å²) < 4.78 is 0. The molecule has 30 heavy (non-hydrogen) atoms. The Balaban J connectivity index is 1.60. The van der Waals surface area contributed by atoms with Crippen molar-refractivity contribution in [3.8, 4) is 0 Å². The first-order valence-electron chi connectivity index (χ1n) is 10.3. The van der Waals surface area contributed by atoms with Crippen LogP contribution >= 0.6 is 0 Å². The molecule has 0 aliphatic heterocycles. The quantitative estimate of drug-likeness (QED) is 0.304. The Hall–Kier alpha value is -3.78. The van der Waals surface area contributed by atoms with Crippen LogP contribution in [0.2, 0.25) is 0 Å². The third kappa shape index (κ3) is 3.60. The van der Waals surface area contributed by atoms with Crippen molar-refractivity contribution in [3.63, 3.8) is 0 Å². The lowest BCUT2D eigenvalue weighted by Crippen LogP contribution is -1.94. The number of benzene rings is 5. The molecule has 0 unspecified atom stereocenters. The van der Waals surface area contributed by atoms with E-state index in [1.165, 1.54) is 32.7 Å². The van der Waals surface area contributed by atoms with Crippen molar-refractivity contribution in [2.24, 2.45) is 0 Å². The van der Waals surface area contributed by atoms with Gasteiger partial charge in [-0.25, -0.2) is 0 Å². The zero-order valence-electron chi connectivity index (χ0n) is 17.2. The molecule has 0 aromatic heterocycles. The first kappa shape index (κ1) is 18.3. The molecule has 5 aromatic rings. The highest BCUT2D eigenvalue weighted by Gasteiger charge is 2.07. The van der Waals surface area contributed by atoms with Crippen LogP contribution in [-0.4, -0.2) is 0 Å². The van der Waals surface area contributed by atoms with Crippen LogP contribution in [0.5, 0.6) is 0 Å². The largest absolute Gasteiger partial charge is 0.355 e. The van der Waals surface area contributed by atoms with Crippen molar-refractivity contribution in [3.05, 3.63) is 108 Å². The van der Waals surface area contributed by atoms with Gasteiger partial charge < -0.3 is 10.6 Å². The van der Waals surface area contributed by atoms with Crippen molar-refractivity contribution in [2.45, 2.75) is 13.8 Å². The fraction of sp³-hybridized carbons (Fsp3) is 0.0714. The van der Waals surface area contributed by atoms with E-state index in [4.69, 9.17) is 0 Å². The molecule has 0 heterocycles. The number of hydrogen-bond donors (Lipinski definition) is 2. The minimum atomic E-state index is 1.10. The summed E-state index contributed by atoms with van der Waals surface area (Å²) in [6, 6.07) is 34.4. The Labute approximate surface area is 177 Å². The highest BCUT2D eigenvalue weighted by atomic mass is 14.9. The summed E-state index contributed by atoms with van der Waals surface area (Å²) in [6.07, 6.45) is 0. The van der Waals surface area contributed by atoms with Gasteiger partial charge in [0.25, 0.3) is 0 Å². The normalized spacial score (nSPS) is 11.0. The van der Waals surface area contributed by atoms with Gasteiger partial charge in [-0.3, -0.25) is 0 Å². The fourth-order valence-corrected chi connectivity index (χ4v) is 3.85. The topological polar surface area (TPSA) is 24.1 Å². The number of nitrogens with one attached hydrogen (secondary N) is 2. The van der Waals surface area contributed by atoms with Gasteiger partial charge >= 0.3 is 0 Å². The van der Waals surface area contributed by atoms with Crippen LogP contribution in [0.25, 0.3) is 21.5 Å². The molecule has 0 aliphatic rings. The van der Waals surface area contributed by atoms with Gasteiger partial charge in [-0.05, 0) is 73.2 Å². The van der Waals surface area contributed by atoms with Crippen molar-refractivity contribution in [1.82, 2.24) is 0 Å². The lowest BCUT2D eigenvalue weighted by atomic mass is 10.0. The Kier molecular flexibility index (Phi) is 4.61. The minimum absolute atomic E-state index is 1.10. The average molecular weight is 389 g/mol. The molecule has 0 bridgehead atoms. The smallest absolute Gasteiger partial charge is 0.0464 e. The van der Waals surface area contributed by atoms with Gasteiger partial charge in [-0.2, -0.15) is 0 Å². The SMILES string of the molecule is Cc1ccc(Nc2cccc3cc4cccc(Nc5ccc(C)cc5)c4cc23)cc1. The van der Waals surface area contributed by atoms with Gasteiger partial charge in [0.15, 0.2) is 0 Å². The van der Waals surface area contributed by atoms with Crippen LogP contribution in [0.15, 0.2) is 97.1 Å². The van der Waals surface area contributed by atoms with Crippen LogP contribution in [0.3, 0.4) is 0 Å². The third-order valence-electron chi connectivity index (χ3n) is 5.54. The standard InChI is InChI=1S/C28H24N2/c1-19-9-13-23(14-10-19)29-27-7-3-5-21-17-22-6-4-8-28(26(22)18-25(21)27)30-24-15-11-20(2)12-16-24/h3-18,29-30H,1-2H3. The monoisotopic (exact) mass is 388 g/mol. The van der Waals surface area contributed by atoms with Gasteiger partial charge in [0.05, 0.1) is 0 Å². The van der Waals surface area contributed by atoms with Gasteiger partial charge in [-0.15, -0.1) is 0 Å². The van der Waals surface area contributed by atoms with E-state index in [-0.39, 0.29) is 0 Å². The molecule has 0 amide bonds. The molecule has 0 saturated heterocycles. The number of fused-ring (bicyclic) bond motifs is 2. The van der Waals surface area contributed by atoms with Gasteiger partial charge in [0, 0.05) is 33.5 Å². The van der Waals surface area contributed by atoms with E-state index < -0.39 is 0 Å². The summed E-state index contributed by atoms with van der Waals surface area (Å²) in [4.78, 5) is 0. The van der Waals surface area contributed by atoms with E-state index in [0.29, 0.717) is 0 Å². The van der Waals surface area contributed by atoms with Gasteiger partial charge in [0.1, 0.15) is 0 Å². The molecule has 5 aromatic carbocycles. The maximum Gasteiger partial charge on any atom is 0.0464 e. The molecule has 0 aliphatic carbocycles. The molecule has 146 valence electrons. The van der Waals surface area contributed by atoms with Crippen LogP contribution < -0.4 is 10.6 Å². The van der Waals surface area contributed by atoms with Crippen LogP contribution in [0.4, 0.5) is 22.7 Å². The van der Waals surface area contributed by atoms with Crippen LogP contribution in [0.1, 0.15) is 11.1 Å². The van der Waals surface area contributed by atoms with E-state index in [2.05, 4.69) is 122 Å². The predicted octanol–water partition coefficient (Wildman–Crippen LogP) is 8.10. The van der Waals surface area contributed by atoms with Gasteiger partial charge in [-0.1, -0.05) is 59.7 Å². The molecular weight excluding hydrogens is 364 g/mol. The first-order valence-corrected chi connectivity index (χ1v) is 10.3. The molecule has 0 saturated carbocycles. The number of rotatable bonds is 4. The molecule has 0 radical (unpaired) electrons. The maximum atomic E-state index is 3.59. The molecule has 0 fully saturated rings. The van der Waals surface area contributed by atoms with E-state index in [1.54, 1.807) is 0 Å². The summed E-state index contributed by atoms with van der Waals surface area (Å²) in [5.74, 6) is 0. The summed E-state index contributed by atoms with van der Waals surface area (Å²) in [5.41, 5.74) is 6.94. The lowest BCUT2D eigenvalue weighted by molar-refractivity contribution is 1.46. The Morgan fingerprint density at radius 3 is 1.33 bits per heavy atom. The molecular formula is C28H24N2. The molecule has 2 nitrogen and oxygen atoms in total. The zero-order chi connectivity index (χ0) is 20.5. The highest BCUT2D eigenvalue weighted by Crippen LogP contribution is 2.34. The Morgan fingerprint density at radius 1 is 0.467 bits per heavy atom. The van der Waals surface area contributed by atoms with Crippen molar-refractivity contribution < 1.29 is 0 Å². The number of aryl methyl sites for hydroxylation is 2. The second kappa shape index (κ2) is 7.57. The van der Waals surface area contributed by atoms with Crippen LogP contribution in [0, 0.1) is 13.8 Å². The molecule has 2 heteroatoms. The lowest BCUT2D eigenvalue weighted by Gasteiger charge is -2.14.